The smallest absolute Gasteiger partial charge is 0.242 e. The molecule has 0 spiro atoms. The molecule has 15 heavy (non-hydrogen) atoms. The first-order chi connectivity index (χ1) is 7.02. The lowest BCUT2D eigenvalue weighted by Crippen LogP contribution is -2.50. The molecule has 1 unspecified atom stereocenters. The predicted octanol–water partition coefficient (Wildman–Crippen LogP) is -0.245. The van der Waals surface area contributed by atoms with Crippen LogP contribution in [0.25, 0.3) is 0 Å². The zero-order valence-electron chi connectivity index (χ0n) is 9.67. The molecular formula is C10H21N3O2. The van der Waals surface area contributed by atoms with Crippen molar-refractivity contribution < 1.29 is 9.59 Å². The van der Waals surface area contributed by atoms with Crippen LogP contribution in [0.1, 0.15) is 33.6 Å². The molecule has 0 rings (SSSR count). The van der Waals surface area contributed by atoms with Gasteiger partial charge in [-0.3, -0.25) is 9.59 Å². The van der Waals surface area contributed by atoms with Crippen LogP contribution >= 0.6 is 0 Å². The Hall–Kier alpha value is -1.10. The third kappa shape index (κ3) is 5.37. The molecule has 0 radical (unpaired) electrons. The lowest BCUT2D eigenvalue weighted by Gasteiger charge is -2.16. The molecule has 88 valence electrons. The Balaban J connectivity index is 4.00. The first-order valence-corrected chi connectivity index (χ1v) is 5.36. The zero-order valence-corrected chi connectivity index (χ0v) is 9.67. The number of carbonyl (C=O) groups excluding carboxylic acids is 2. The van der Waals surface area contributed by atoms with Gasteiger partial charge in [-0.15, -0.1) is 0 Å². The number of hydrogen-bond acceptors (Lipinski definition) is 3. The Bertz CT molecular complexity index is 219. The second kappa shape index (κ2) is 7.23. The monoisotopic (exact) mass is 215 g/mol. The van der Waals surface area contributed by atoms with Crippen molar-refractivity contribution in [3.8, 4) is 0 Å². The van der Waals surface area contributed by atoms with E-state index in [4.69, 9.17) is 5.73 Å². The standard InChI is InChI=1S/C10H21N3O2/c1-4-6-8(11)10(15)13-7(3)9(14)12-5-2/h7-8H,4-6,11H2,1-3H3,(H,12,14)(H,13,15)/t7?,8-/m0/s1. The summed E-state index contributed by atoms with van der Waals surface area (Å²) in [4.78, 5) is 22.7. The first kappa shape index (κ1) is 13.9. The van der Waals surface area contributed by atoms with Crippen LogP contribution < -0.4 is 16.4 Å². The minimum atomic E-state index is -0.527. The molecule has 0 aliphatic rings. The highest BCUT2D eigenvalue weighted by molar-refractivity contribution is 5.89. The van der Waals surface area contributed by atoms with Crippen molar-refractivity contribution in [1.29, 1.82) is 0 Å². The van der Waals surface area contributed by atoms with E-state index < -0.39 is 12.1 Å². The fraction of sp³-hybridized carbons (Fsp3) is 0.800. The molecule has 0 aromatic rings. The number of amides is 2. The molecule has 0 aromatic heterocycles. The maximum Gasteiger partial charge on any atom is 0.242 e. The van der Waals surface area contributed by atoms with Gasteiger partial charge in [0, 0.05) is 6.54 Å². The van der Waals surface area contributed by atoms with E-state index in [9.17, 15) is 9.59 Å². The van der Waals surface area contributed by atoms with Crippen LogP contribution in [0, 0.1) is 0 Å². The number of carbonyl (C=O) groups is 2. The minimum absolute atomic E-state index is 0.186. The average molecular weight is 215 g/mol. The zero-order chi connectivity index (χ0) is 11.8. The average Bonchev–Trinajstić information content (AvgIpc) is 2.18. The van der Waals surface area contributed by atoms with Crippen molar-refractivity contribution in [2.45, 2.75) is 45.7 Å². The van der Waals surface area contributed by atoms with Gasteiger partial charge in [0.1, 0.15) is 6.04 Å². The number of hydrogen-bond donors (Lipinski definition) is 3. The highest BCUT2D eigenvalue weighted by Gasteiger charge is 2.18. The quantitative estimate of drug-likeness (QED) is 0.571. The second-order valence-electron chi connectivity index (χ2n) is 3.52. The molecule has 0 fully saturated rings. The van der Waals surface area contributed by atoms with Crippen LogP contribution in [0.5, 0.6) is 0 Å². The lowest BCUT2D eigenvalue weighted by atomic mass is 10.1. The molecule has 0 aliphatic heterocycles. The van der Waals surface area contributed by atoms with Crippen molar-refractivity contribution in [3.05, 3.63) is 0 Å². The summed E-state index contributed by atoms with van der Waals surface area (Å²) in [6, 6.07) is -1.05. The number of nitrogens with two attached hydrogens (primary N) is 1. The van der Waals surface area contributed by atoms with Crippen molar-refractivity contribution >= 4 is 11.8 Å². The highest BCUT2D eigenvalue weighted by atomic mass is 16.2. The van der Waals surface area contributed by atoms with Crippen molar-refractivity contribution in [2.75, 3.05) is 6.54 Å². The summed E-state index contributed by atoms with van der Waals surface area (Å²) in [5.74, 6) is -0.454. The van der Waals surface area contributed by atoms with Crippen molar-refractivity contribution in [3.63, 3.8) is 0 Å². The molecule has 0 heterocycles. The van der Waals surface area contributed by atoms with Gasteiger partial charge in [-0.2, -0.15) is 0 Å². The Labute approximate surface area is 90.8 Å². The molecule has 2 amide bonds. The summed E-state index contributed by atoms with van der Waals surface area (Å²) in [5.41, 5.74) is 5.61. The van der Waals surface area contributed by atoms with Gasteiger partial charge in [-0.25, -0.2) is 0 Å². The SMILES string of the molecule is CCC[C@H](N)C(=O)NC(C)C(=O)NCC. The number of rotatable bonds is 6. The highest BCUT2D eigenvalue weighted by Crippen LogP contribution is 1.94. The molecule has 0 aliphatic carbocycles. The van der Waals surface area contributed by atoms with Crippen molar-refractivity contribution in [1.82, 2.24) is 10.6 Å². The summed E-state index contributed by atoms with van der Waals surface area (Å²) in [6.45, 7) is 5.98. The Morgan fingerprint density at radius 3 is 2.33 bits per heavy atom. The third-order valence-corrected chi connectivity index (χ3v) is 2.04. The second-order valence-corrected chi connectivity index (χ2v) is 3.52. The Morgan fingerprint density at radius 1 is 1.27 bits per heavy atom. The van der Waals surface area contributed by atoms with Gasteiger partial charge in [0.15, 0.2) is 0 Å². The van der Waals surface area contributed by atoms with Gasteiger partial charge < -0.3 is 16.4 Å². The van der Waals surface area contributed by atoms with Crippen LogP contribution in [-0.2, 0) is 9.59 Å². The molecule has 5 heteroatoms. The van der Waals surface area contributed by atoms with E-state index in [0.29, 0.717) is 13.0 Å². The van der Waals surface area contributed by atoms with Gasteiger partial charge >= 0.3 is 0 Å². The summed E-state index contributed by atoms with van der Waals surface area (Å²) in [5, 5.41) is 5.20. The molecule has 0 aromatic carbocycles. The lowest BCUT2D eigenvalue weighted by molar-refractivity contribution is -0.129. The fourth-order valence-corrected chi connectivity index (χ4v) is 1.16. The van der Waals surface area contributed by atoms with E-state index in [1.807, 2.05) is 13.8 Å². The maximum absolute atomic E-state index is 11.4. The Kier molecular flexibility index (Phi) is 6.70. The van der Waals surface area contributed by atoms with Gasteiger partial charge in [-0.1, -0.05) is 13.3 Å². The van der Waals surface area contributed by atoms with E-state index in [-0.39, 0.29) is 11.8 Å². The van der Waals surface area contributed by atoms with Crippen LogP contribution in [-0.4, -0.2) is 30.4 Å². The molecule has 0 saturated heterocycles. The molecule has 4 N–H and O–H groups in total. The summed E-state index contributed by atoms with van der Waals surface area (Å²) >= 11 is 0. The first-order valence-electron chi connectivity index (χ1n) is 5.36. The molecule has 2 atom stereocenters. The minimum Gasteiger partial charge on any atom is -0.355 e. The van der Waals surface area contributed by atoms with Gasteiger partial charge in [0.25, 0.3) is 0 Å². The van der Waals surface area contributed by atoms with E-state index in [0.717, 1.165) is 6.42 Å². The van der Waals surface area contributed by atoms with E-state index in [2.05, 4.69) is 10.6 Å². The molecule has 0 bridgehead atoms. The van der Waals surface area contributed by atoms with Gasteiger partial charge in [-0.05, 0) is 20.3 Å². The summed E-state index contributed by atoms with van der Waals surface area (Å²) in [7, 11) is 0. The van der Waals surface area contributed by atoms with E-state index in [1.54, 1.807) is 6.92 Å². The van der Waals surface area contributed by atoms with Crippen LogP contribution in [0.2, 0.25) is 0 Å². The van der Waals surface area contributed by atoms with E-state index in [1.165, 1.54) is 0 Å². The van der Waals surface area contributed by atoms with Crippen molar-refractivity contribution in [2.24, 2.45) is 5.73 Å². The largest absolute Gasteiger partial charge is 0.355 e. The normalized spacial score (nSPS) is 14.1. The number of nitrogens with one attached hydrogen (secondary N) is 2. The predicted molar refractivity (Wildman–Crippen MR) is 59.2 cm³/mol. The third-order valence-electron chi connectivity index (χ3n) is 2.04. The molecule has 5 nitrogen and oxygen atoms in total. The molecule has 0 saturated carbocycles. The number of likely N-dealkylation sites (N-methyl/N-ethyl adjacent to an activating group) is 1. The van der Waals surface area contributed by atoms with Crippen LogP contribution in [0.3, 0.4) is 0 Å². The summed E-state index contributed by atoms with van der Waals surface area (Å²) < 4.78 is 0. The summed E-state index contributed by atoms with van der Waals surface area (Å²) in [6.07, 6.45) is 1.48. The van der Waals surface area contributed by atoms with Crippen LogP contribution in [0.15, 0.2) is 0 Å². The maximum atomic E-state index is 11.4. The Morgan fingerprint density at radius 2 is 1.87 bits per heavy atom. The van der Waals surface area contributed by atoms with Gasteiger partial charge in [0.05, 0.1) is 6.04 Å². The topological polar surface area (TPSA) is 84.2 Å². The van der Waals surface area contributed by atoms with Crippen LogP contribution in [0.4, 0.5) is 0 Å². The molecular weight excluding hydrogens is 194 g/mol. The van der Waals surface area contributed by atoms with Gasteiger partial charge in [0.2, 0.25) is 11.8 Å². The fourth-order valence-electron chi connectivity index (χ4n) is 1.16. The van der Waals surface area contributed by atoms with E-state index >= 15 is 0 Å².